The second-order valence-corrected chi connectivity index (χ2v) is 5.72. The third kappa shape index (κ3) is 1.64. The zero-order valence-electron chi connectivity index (χ0n) is 11.1. The molecule has 1 aromatic carbocycles. The van der Waals surface area contributed by atoms with Crippen molar-refractivity contribution in [1.29, 1.82) is 0 Å². The molecular formula is C14H16N4O2. The van der Waals surface area contributed by atoms with E-state index in [-0.39, 0.29) is 5.56 Å². The molecule has 2 aromatic rings. The normalized spacial score (nSPS) is 28.9. The van der Waals surface area contributed by atoms with E-state index in [0.717, 1.165) is 12.1 Å². The third-order valence-corrected chi connectivity index (χ3v) is 4.67. The van der Waals surface area contributed by atoms with Crippen LogP contribution >= 0.6 is 0 Å². The number of benzene rings is 1. The van der Waals surface area contributed by atoms with Crippen LogP contribution in [0.1, 0.15) is 29.2 Å². The van der Waals surface area contributed by atoms with Crippen molar-refractivity contribution in [2.45, 2.75) is 18.9 Å². The first-order chi connectivity index (χ1) is 9.74. The molecular weight excluding hydrogens is 256 g/mol. The van der Waals surface area contributed by atoms with Crippen LogP contribution in [0.3, 0.4) is 0 Å². The van der Waals surface area contributed by atoms with Crippen LogP contribution in [-0.4, -0.2) is 50.6 Å². The van der Waals surface area contributed by atoms with Crippen LogP contribution in [0.4, 0.5) is 0 Å². The summed E-state index contributed by atoms with van der Waals surface area (Å²) in [5.41, 5.74) is 1.56. The van der Waals surface area contributed by atoms with Gasteiger partial charge in [-0.15, -0.1) is 5.10 Å². The Kier molecular flexibility index (Phi) is 2.53. The molecule has 5 rings (SSSR count). The molecule has 1 aromatic heterocycles. The van der Waals surface area contributed by atoms with E-state index in [0.29, 0.717) is 17.5 Å². The molecule has 20 heavy (non-hydrogen) atoms. The third-order valence-electron chi connectivity index (χ3n) is 4.67. The van der Waals surface area contributed by atoms with Crippen LogP contribution in [-0.2, 0) is 0 Å². The van der Waals surface area contributed by atoms with Crippen LogP contribution in [0.15, 0.2) is 18.2 Å². The fraction of sp³-hybridized carbons (Fsp3) is 0.500. The number of hydrogen-bond donors (Lipinski definition) is 1. The number of carbonyl (C=O) groups is 1. The number of nitrogens with zero attached hydrogens (tertiary/aromatic N) is 4. The number of aromatic carboxylic acids is 1. The minimum absolute atomic E-state index is 0.232. The lowest BCUT2D eigenvalue weighted by molar-refractivity contribution is 0.0524. The van der Waals surface area contributed by atoms with Gasteiger partial charge in [-0.05, 0) is 44.0 Å². The lowest BCUT2D eigenvalue weighted by atomic mass is 9.84. The molecule has 3 fully saturated rings. The van der Waals surface area contributed by atoms with E-state index < -0.39 is 5.97 Å². The second kappa shape index (κ2) is 4.28. The van der Waals surface area contributed by atoms with Crippen molar-refractivity contribution >= 4 is 17.0 Å². The van der Waals surface area contributed by atoms with E-state index in [1.807, 2.05) is 10.7 Å². The molecule has 2 bridgehead atoms. The number of aromatic nitrogens is 3. The maximum absolute atomic E-state index is 11.2. The fourth-order valence-corrected chi connectivity index (χ4v) is 3.59. The van der Waals surface area contributed by atoms with Gasteiger partial charge in [0.25, 0.3) is 0 Å². The van der Waals surface area contributed by atoms with Crippen molar-refractivity contribution in [2.75, 3.05) is 19.6 Å². The van der Waals surface area contributed by atoms with E-state index in [1.165, 1.54) is 25.9 Å². The highest BCUT2D eigenvalue weighted by molar-refractivity contribution is 6.00. The highest BCUT2D eigenvalue weighted by Crippen LogP contribution is 2.36. The Morgan fingerprint density at radius 3 is 2.75 bits per heavy atom. The molecule has 3 saturated heterocycles. The maximum atomic E-state index is 11.2. The van der Waals surface area contributed by atoms with Gasteiger partial charge >= 0.3 is 5.97 Å². The highest BCUT2D eigenvalue weighted by Gasteiger charge is 2.36. The first kappa shape index (κ1) is 11.8. The topological polar surface area (TPSA) is 71.2 Å². The summed E-state index contributed by atoms with van der Waals surface area (Å²) in [5.74, 6) is -0.310. The van der Waals surface area contributed by atoms with Crippen molar-refractivity contribution in [2.24, 2.45) is 5.92 Å². The summed E-state index contributed by atoms with van der Waals surface area (Å²) in [7, 11) is 0. The van der Waals surface area contributed by atoms with E-state index in [2.05, 4.69) is 15.2 Å². The summed E-state index contributed by atoms with van der Waals surface area (Å²) in [4.78, 5) is 13.7. The molecule has 4 heterocycles. The van der Waals surface area contributed by atoms with E-state index in [4.69, 9.17) is 0 Å². The standard InChI is InChI=1S/C14H16N4O2/c19-14(20)10-2-1-3-11-13(10)15-16-18(11)12-8-17-6-4-9(12)5-7-17/h1-3,9,12H,4-8H2,(H,19,20). The monoisotopic (exact) mass is 272 g/mol. The summed E-state index contributed by atoms with van der Waals surface area (Å²) in [6.45, 7) is 3.35. The number of rotatable bonds is 2. The summed E-state index contributed by atoms with van der Waals surface area (Å²) >= 11 is 0. The predicted octanol–water partition coefficient (Wildman–Crippen LogP) is 1.40. The van der Waals surface area contributed by atoms with Crippen LogP contribution in [0, 0.1) is 5.92 Å². The Labute approximate surface area is 116 Å². The molecule has 0 amide bonds. The predicted molar refractivity (Wildman–Crippen MR) is 72.7 cm³/mol. The van der Waals surface area contributed by atoms with E-state index in [9.17, 15) is 9.90 Å². The Morgan fingerprint density at radius 1 is 1.30 bits per heavy atom. The minimum Gasteiger partial charge on any atom is -0.478 e. The van der Waals surface area contributed by atoms with Gasteiger partial charge in [0, 0.05) is 6.54 Å². The van der Waals surface area contributed by atoms with Crippen LogP contribution in [0.25, 0.3) is 11.0 Å². The number of carboxylic acids is 1. The van der Waals surface area contributed by atoms with Gasteiger partial charge in [-0.3, -0.25) is 0 Å². The smallest absolute Gasteiger partial charge is 0.338 e. The Bertz CT molecular complexity index is 673. The molecule has 6 heteroatoms. The molecule has 0 spiro atoms. The van der Waals surface area contributed by atoms with Crippen molar-refractivity contribution < 1.29 is 9.90 Å². The summed E-state index contributed by atoms with van der Waals surface area (Å²) in [6.07, 6.45) is 2.40. The quantitative estimate of drug-likeness (QED) is 0.894. The summed E-state index contributed by atoms with van der Waals surface area (Å²) in [5, 5.41) is 17.6. The van der Waals surface area contributed by atoms with E-state index in [1.54, 1.807) is 12.1 Å². The SMILES string of the molecule is O=C(O)c1cccc2c1nnn2C1CN2CCC1CC2. The molecule has 0 radical (unpaired) electrons. The van der Waals surface area contributed by atoms with Gasteiger partial charge in [-0.1, -0.05) is 11.3 Å². The number of piperidine rings is 3. The van der Waals surface area contributed by atoms with Crippen molar-refractivity contribution in [1.82, 2.24) is 19.9 Å². The Balaban J connectivity index is 1.81. The van der Waals surface area contributed by atoms with Gasteiger partial charge < -0.3 is 10.0 Å². The number of fused-ring (bicyclic) bond motifs is 4. The number of carboxylic acid groups (broad SMARTS) is 1. The lowest BCUT2D eigenvalue weighted by Crippen LogP contribution is -2.48. The van der Waals surface area contributed by atoms with Gasteiger partial charge in [-0.25, -0.2) is 9.48 Å². The van der Waals surface area contributed by atoms with Crippen molar-refractivity contribution in [3.8, 4) is 0 Å². The highest BCUT2D eigenvalue weighted by atomic mass is 16.4. The lowest BCUT2D eigenvalue weighted by Gasteiger charge is -2.44. The molecule has 1 unspecified atom stereocenters. The fourth-order valence-electron chi connectivity index (χ4n) is 3.59. The van der Waals surface area contributed by atoms with Crippen molar-refractivity contribution in [3.05, 3.63) is 23.8 Å². The second-order valence-electron chi connectivity index (χ2n) is 5.72. The molecule has 3 aliphatic rings. The minimum atomic E-state index is -0.948. The van der Waals surface area contributed by atoms with E-state index >= 15 is 0 Å². The van der Waals surface area contributed by atoms with Crippen molar-refractivity contribution in [3.63, 3.8) is 0 Å². The summed E-state index contributed by atoms with van der Waals surface area (Å²) in [6, 6.07) is 5.60. The summed E-state index contributed by atoms with van der Waals surface area (Å²) < 4.78 is 1.94. The molecule has 104 valence electrons. The maximum Gasteiger partial charge on any atom is 0.338 e. The van der Waals surface area contributed by atoms with Gasteiger partial charge in [0.15, 0.2) is 0 Å². The molecule has 1 N–H and O–H groups in total. The molecule has 0 aliphatic carbocycles. The average Bonchev–Trinajstić information content (AvgIpc) is 2.91. The first-order valence-corrected chi connectivity index (χ1v) is 7.03. The molecule has 1 atom stereocenters. The molecule has 0 saturated carbocycles. The largest absolute Gasteiger partial charge is 0.478 e. The zero-order valence-corrected chi connectivity index (χ0v) is 11.1. The van der Waals surface area contributed by atoms with Gasteiger partial charge in [0.2, 0.25) is 0 Å². The van der Waals surface area contributed by atoms with Crippen LogP contribution in [0.5, 0.6) is 0 Å². The average molecular weight is 272 g/mol. The number of hydrogen-bond acceptors (Lipinski definition) is 4. The molecule has 6 nitrogen and oxygen atoms in total. The Hall–Kier alpha value is -1.95. The van der Waals surface area contributed by atoms with Gasteiger partial charge in [0.1, 0.15) is 5.52 Å². The molecule has 3 aliphatic heterocycles. The zero-order chi connectivity index (χ0) is 13.7. The first-order valence-electron chi connectivity index (χ1n) is 7.03. The van der Waals surface area contributed by atoms with Gasteiger partial charge in [-0.2, -0.15) is 0 Å². The van der Waals surface area contributed by atoms with Crippen LogP contribution in [0.2, 0.25) is 0 Å². The Morgan fingerprint density at radius 2 is 2.10 bits per heavy atom. The van der Waals surface area contributed by atoms with Gasteiger partial charge in [0.05, 0.1) is 17.1 Å². The van der Waals surface area contributed by atoms with Crippen LogP contribution < -0.4 is 0 Å².